The average molecular weight is 590 g/mol. The number of hydrogen-bond acceptors (Lipinski definition) is 10. The van der Waals surface area contributed by atoms with E-state index in [9.17, 15) is 13.2 Å². The molecular formula is C26H27ClF3N9O2. The van der Waals surface area contributed by atoms with Crippen molar-refractivity contribution in [2.45, 2.75) is 18.7 Å². The Balaban J connectivity index is 1.44. The van der Waals surface area contributed by atoms with E-state index in [2.05, 4.69) is 35.5 Å². The van der Waals surface area contributed by atoms with Crippen molar-refractivity contribution < 1.29 is 22.6 Å². The SMILES string of the molecule is CNc1cnc(/C(=C\N)Oc2cnc3nc(Nc4cc(O[C@@H]5CCN(C)C5)cc(C(F)(F)F)c4)n(C)c3c2Cl)cn1. The molecule has 5 rings (SSSR count). The van der Waals surface area contributed by atoms with Crippen molar-refractivity contribution in [1.82, 2.24) is 29.4 Å². The van der Waals surface area contributed by atoms with Gasteiger partial charge in [-0.3, -0.25) is 0 Å². The maximum absolute atomic E-state index is 13.7. The predicted octanol–water partition coefficient (Wildman–Crippen LogP) is 4.63. The minimum absolute atomic E-state index is 0.111. The summed E-state index contributed by atoms with van der Waals surface area (Å²) in [6.45, 7) is 1.44. The number of fused-ring (bicyclic) bond motifs is 1. The highest BCUT2D eigenvalue weighted by molar-refractivity contribution is 6.36. The van der Waals surface area contributed by atoms with E-state index in [0.29, 0.717) is 23.6 Å². The zero-order valence-electron chi connectivity index (χ0n) is 22.3. The molecule has 216 valence electrons. The second kappa shape index (κ2) is 11.3. The molecule has 41 heavy (non-hydrogen) atoms. The molecule has 4 heterocycles. The monoisotopic (exact) mass is 589 g/mol. The fourth-order valence-corrected chi connectivity index (χ4v) is 4.68. The van der Waals surface area contributed by atoms with E-state index in [1.807, 2.05) is 7.05 Å². The number of halogens is 4. The first-order valence-electron chi connectivity index (χ1n) is 12.5. The molecule has 0 aliphatic carbocycles. The number of likely N-dealkylation sites (tertiary alicyclic amines) is 1. The normalized spacial score (nSPS) is 16.3. The summed E-state index contributed by atoms with van der Waals surface area (Å²) in [5, 5.41) is 5.98. The Bertz CT molecular complexity index is 1590. The number of pyridine rings is 1. The van der Waals surface area contributed by atoms with E-state index in [0.717, 1.165) is 25.1 Å². The molecule has 1 saturated heterocycles. The summed E-state index contributed by atoms with van der Waals surface area (Å²) in [6.07, 6.45) is 1.54. The summed E-state index contributed by atoms with van der Waals surface area (Å²) in [7, 11) is 5.30. The van der Waals surface area contributed by atoms with Crippen LogP contribution < -0.4 is 25.8 Å². The van der Waals surface area contributed by atoms with Crippen molar-refractivity contribution in [3.05, 3.63) is 59.3 Å². The third kappa shape index (κ3) is 6.07. The lowest BCUT2D eigenvalue weighted by atomic mass is 10.1. The topological polar surface area (TPSA) is 128 Å². The van der Waals surface area contributed by atoms with Crippen LogP contribution in [0.1, 0.15) is 17.7 Å². The highest BCUT2D eigenvalue weighted by atomic mass is 35.5. The number of imidazole rings is 1. The van der Waals surface area contributed by atoms with E-state index < -0.39 is 11.7 Å². The zero-order valence-corrected chi connectivity index (χ0v) is 23.1. The summed E-state index contributed by atoms with van der Waals surface area (Å²) < 4.78 is 54.5. The summed E-state index contributed by atoms with van der Waals surface area (Å²) in [4.78, 5) is 19.3. The van der Waals surface area contributed by atoms with Crippen LogP contribution in [0.3, 0.4) is 0 Å². The molecule has 4 aromatic rings. The first-order valence-corrected chi connectivity index (χ1v) is 12.9. The van der Waals surface area contributed by atoms with Crippen LogP contribution in [0, 0.1) is 0 Å². The summed E-state index contributed by atoms with van der Waals surface area (Å²) in [5.41, 5.74) is 6.06. The van der Waals surface area contributed by atoms with Crippen molar-refractivity contribution >= 4 is 46.0 Å². The molecule has 0 spiro atoms. The lowest BCUT2D eigenvalue weighted by molar-refractivity contribution is -0.137. The van der Waals surface area contributed by atoms with Gasteiger partial charge in [0.2, 0.25) is 5.95 Å². The van der Waals surface area contributed by atoms with Gasteiger partial charge in [-0.2, -0.15) is 18.2 Å². The van der Waals surface area contributed by atoms with E-state index in [-0.39, 0.29) is 45.7 Å². The molecule has 0 amide bonds. The molecule has 11 nitrogen and oxygen atoms in total. The van der Waals surface area contributed by atoms with Gasteiger partial charge in [0, 0.05) is 45.1 Å². The zero-order chi connectivity index (χ0) is 29.3. The number of likely N-dealkylation sites (N-methyl/N-ethyl adjacent to an activating group) is 1. The van der Waals surface area contributed by atoms with E-state index in [1.165, 1.54) is 30.9 Å². The second-order valence-electron chi connectivity index (χ2n) is 9.43. The summed E-state index contributed by atoms with van der Waals surface area (Å²) >= 11 is 6.68. The van der Waals surface area contributed by atoms with Crippen molar-refractivity contribution in [1.29, 1.82) is 0 Å². The van der Waals surface area contributed by atoms with Crippen LogP contribution in [0.5, 0.6) is 11.5 Å². The van der Waals surface area contributed by atoms with Gasteiger partial charge >= 0.3 is 6.18 Å². The highest BCUT2D eigenvalue weighted by Crippen LogP contribution is 2.38. The van der Waals surface area contributed by atoms with Crippen LogP contribution >= 0.6 is 11.6 Å². The number of alkyl halides is 3. The van der Waals surface area contributed by atoms with Gasteiger partial charge in [0.25, 0.3) is 0 Å². The van der Waals surface area contributed by atoms with Gasteiger partial charge in [-0.1, -0.05) is 11.6 Å². The Morgan fingerprint density at radius 2 is 1.95 bits per heavy atom. The Morgan fingerprint density at radius 3 is 2.59 bits per heavy atom. The first-order chi connectivity index (χ1) is 19.5. The van der Waals surface area contributed by atoms with Crippen LogP contribution in [0.25, 0.3) is 16.9 Å². The smallest absolute Gasteiger partial charge is 0.416 e. The Morgan fingerprint density at radius 1 is 1.15 bits per heavy atom. The first kappa shape index (κ1) is 28.2. The second-order valence-corrected chi connectivity index (χ2v) is 9.81. The van der Waals surface area contributed by atoms with Crippen LogP contribution in [0.4, 0.5) is 30.6 Å². The van der Waals surface area contributed by atoms with Gasteiger partial charge in [-0.25, -0.2) is 15.0 Å². The molecule has 3 aromatic heterocycles. The van der Waals surface area contributed by atoms with E-state index in [4.69, 9.17) is 26.8 Å². The lowest BCUT2D eigenvalue weighted by Gasteiger charge is -2.17. The van der Waals surface area contributed by atoms with Crippen LogP contribution in [-0.4, -0.2) is 62.7 Å². The Hall–Kier alpha value is -4.30. The number of nitrogens with two attached hydrogens (primary N) is 1. The fraction of sp³-hybridized carbons (Fsp3) is 0.308. The number of nitrogens with one attached hydrogen (secondary N) is 2. The van der Waals surface area contributed by atoms with Crippen molar-refractivity contribution in [2.75, 3.05) is 37.8 Å². The standard InChI is InChI=1S/C26H27ClF3N9O2/c1-32-21-12-33-18(10-34-21)19(9-31)41-20-11-35-24-23(22(20)27)39(3)25(37-24)36-15-6-14(26(28,29)30)7-17(8-15)40-16-4-5-38(2)13-16/h6-12,16H,4-5,13,31H2,1-3H3,(H,32,34)(H,35,36,37)/b19-9+/t16-/m1/s1. The predicted molar refractivity (Wildman–Crippen MR) is 149 cm³/mol. The molecule has 0 saturated carbocycles. The maximum atomic E-state index is 13.7. The molecule has 4 N–H and O–H groups in total. The van der Waals surface area contributed by atoms with Gasteiger partial charge in [-0.05, 0) is 25.6 Å². The van der Waals surface area contributed by atoms with Gasteiger partial charge < -0.3 is 35.3 Å². The minimum Gasteiger partial charge on any atom is -0.489 e. The van der Waals surface area contributed by atoms with Gasteiger partial charge in [-0.15, -0.1) is 0 Å². The summed E-state index contributed by atoms with van der Waals surface area (Å²) in [5.74, 6) is 1.24. The van der Waals surface area contributed by atoms with Crippen molar-refractivity contribution in [3.8, 4) is 11.5 Å². The number of benzene rings is 1. The third-order valence-electron chi connectivity index (χ3n) is 6.48. The van der Waals surface area contributed by atoms with Gasteiger partial charge in [0.15, 0.2) is 17.2 Å². The number of nitrogens with zero attached hydrogens (tertiary/aromatic N) is 6. The van der Waals surface area contributed by atoms with E-state index in [1.54, 1.807) is 18.7 Å². The van der Waals surface area contributed by atoms with Crippen LogP contribution in [0.15, 0.2) is 43.0 Å². The number of rotatable bonds is 8. The van der Waals surface area contributed by atoms with Crippen molar-refractivity contribution in [3.63, 3.8) is 0 Å². The average Bonchev–Trinajstić information content (AvgIpc) is 3.49. The minimum atomic E-state index is -4.57. The molecule has 1 aromatic carbocycles. The molecule has 0 radical (unpaired) electrons. The molecule has 1 aliphatic heterocycles. The maximum Gasteiger partial charge on any atom is 0.416 e. The van der Waals surface area contributed by atoms with Crippen LogP contribution in [-0.2, 0) is 13.2 Å². The van der Waals surface area contributed by atoms with Crippen molar-refractivity contribution in [2.24, 2.45) is 12.8 Å². The quantitative estimate of drug-likeness (QED) is 0.250. The molecule has 0 bridgehead atoms. The number of aryl methyl sites for hydroxylation is 1. The third-order valence-corrected chi connectivity index (χ3v) is 6.84. The molecule has 1 fully saturated rings. The molecule has 1 aliphatic rings. The fourth-order valence-electron chi connectivity index (χ4n) is 4.39. The molecule has 1 atom stereocenters. The highest BCUT2D eigenvalue weighted by Gasteiger charge is 2.32. The summed E-state index contributed by atoms with van der Waals surface area (Å²) in [6, 6.07) is 3.50. The number of anilines is 3. The number of ether oxygens (including phenoxy) is 2. The Labute approximate surface area is 238 Å². The number of hydrogen-bond donors (Lipinski definition) is 3. The van der Waals surface area contributed by atoms with E-state index >= 15 is 0 Å². The number of aromatic nitrogens is 5. The molecule has 15 heteroatoms. The Kier molecular flexibility index (Phi) is 7.78. The molecule has 0 unspecified atom stereocenters. The largest absolute Gasteiger partial charge is 0.489 e. The van der Waals surface area contributed by atoms with Gasteiger partial charge in [0.1, 0.15) is 33.9 Å². The molecular weight excluding hydrogens is 563 g/mol. The van der Waals surface area contributed by atoms with Gasteiger partial charge in [0.05, 0.1) is 24.2 Å². The lowest BCUT2D eigenvalue weighted by Crippen LogP contribution is -2.21. The van der Waals surface area contributed by atoms with Crippen LogP contribution in [0.2, 0.25) is 5.02 Å².